The van der Waals surface area contributed by atoms with Crippen LogP contribution >= 0.6 is 11.3 Å². The molecule has 1 aromatic heterocycles. The van der Waals surface area contributed by atoms with Crippen molar-refractivity contribution in [2.75, 3.05) is 5.32 Å². The van der Waals surface area contributed by atoms with Crippen LogP contribution < -0.4 is 5.32 Å². The molecule has 0 unspecified atom stereocenters. The van der Waals surface area contributed by atoms with E-state index in [0.29, 0.717) is 0 Å². The minimum atomic E-state index is -0.778. The van der Waals surface area contributed by atoms with Gasteiger partial charge in [0.1, 0.15) is 0 Å². The smallest absolute Gasteiger partial charge is 0.305 e. The van der Waals surface area contributed by atoms with Crippen molar-refractivity contribution in [2.24, 2.45) is 0 Å². The first-order valence-corrected chi connectivity index (χ1v) is 5.99. The number of aliphatic carboxylic acids is 1. The number of anilines is 1. The third kappa shape index (κ3) is 2.33. The van der Waals surface area contributed by atoms with Crippen molar-refractivity contribution in [2.45, 2.75) is 19.4 Å². The molecule has 1 aromatic carbocycles. The van der Waals surface area contributed by atoms with Crippen molar-refractivity contribution in [3.63, 3.8) is 0 Å². The van der Waals surface area contributed by atoms with Crippen LogP contribution in [0.15, 0.2) is 29.6 Å². The molecule has 0 spiro atoms. The zero-order valence-corrected chi connectivity index (χ0v) is 9.75. The summed E-state index contributed by atoms with van der Waals surface area (Å²) < 4.78 is 1.22. The van der Waals surface area contributed by atoms with E-state index >= 15 is 0 Å². The Hall–Kier alpha value is -1.55. The Morgan fingerprint density at radius 1 is 1.50 bits per heavy atom. The van der Waals surface area contributed by atoms with E-state index in [0.717, 1.165) is 11.1 Å². The maximum absolute atomic E-state index is 10.6. The van der Waals surface area contributed by atoms with Gasteiger partial charge < -0.3 is 10.4 Å². The second-order valence-electron chi connectivity index (χ2n) is 3.79. The molecular formula is C12H13NO2S. The summed E-state index contributed by atoms with van der Waals surface area (Å²) in [5.74, 6) is -0.778. The van der Waals surface area contributed by atoms with Crippen molar-refractivity contribution in [1.82, 2.24) is 0 Å². The number of carbonyl (C=O) groups is 1. The van der Waals surface area contributed by atoms with Gasteiger partial charge in [-0.05, 0) is 13.0 Å². The largest absolute Gasteiger partial charge is 0.481 e. The van der Waals surface area contributed by atoms with Crippen molar-refractivity contribution in [3.05, 3.63) is 29.6 Å². The number of thiophene rings is 1. The molecule has 84 valence electrons. The first-order chi connectivity index (χ1) is 7.66. The van der Waals surface area contributed by atoms with E-state index < -0.39 is 5.97 Å². The van der Waals surface area contributed by atoms with Crippen molar-refractivity contribution in [1.29, 1.82) is 0 Å². The molecule has 0 amide bonds. The Morgan fingerprint density at radius 3 is 3.00 bits per heavy atom. The summed E-state index contributed by atoms with van der Waals surface area (Å²) in [5.41, 5.74) is 1.02. The van der Waals surface area contributed by atoms with Crippen LogP contribution in [0.25, 0.3) is 10.1 Å². The van der Waals surface area contributed by atoms with Gasteiger partial charge in [-0.15, -0.1) is 11.3 Å². The van der Waals surface area contributed by atoms with Gasteiger partial charge in [-0.3, -0.25) is 4.79 Å². The Kier molecular flexibility index (Phi) is 3.10. The highest BCUT2D eigenvalue weighted by atomic mass is 32.1. The predicted octanol–water partition coefficient (Wildman–Crippen LogP) is 3.18. The van der Waals surface area contributed by atoms with Crippen LogP contribution in [0.1, 0.15) is 13.3 Å². The summed E-state index contributed by atoms with van der Waals surface area (Å²) in [4.78, 5) is 10.6. The fraction of sp³-hybridized carbons (Fsp3) is 0.250. The van der Waals surface area contributed by atoms with Crippen LogP contribution in [0, 0.1) is 0 Å². The van der Waals surface area contributed by atoms with E-state index in [1.165, 1.54) is 4.70 Å². The van der Waals surface area contributed by atoms with Crippen LogP contribution in [0.3, 0.4) is 0 Å². The molecule has 4 heteroatoms. The molecule has 1 atom stereocenters. The first-order valence-electron chi connectivity index (χ1n) is 5.11. The van der Waals surface area contributed by atoms with Crippen molar-refractivity contribution < 1.29 is 9.90 Å². The standard InChI is InChI=1S/C12H13NO2S/c1-8(6-12(14)15)13-10-7-16-11-5-3-2-4-9(10)11/h2-5,7-8,13H,6H2,1H3,(H,14,15)/t8-/m1/s1. The van der Waals surface area contributed by atoms with E-state index in [1.54, 1.807) is 11.3 Å². The average molecular weight is 235 g/mol. The molecule has 0 fully saturated rings. The minimum absolute atomic E-state index is 0.0597. The number of hydrogen-bond donors (Lipinski definition) is 2. The average Bonchev–Trinajstić information content (AvgIpc) is 2.61. The van der Waals surface area contributed by atoms with Gasteiger partial charge in [0, 0.05) is 21.5 Å². The highest BCUT2D eigenvalue weighted by molar-refractivity contribution is 7.17. The lowest BCUT2D eigenvalue weighted by Gasteiger charge is -2.11. The van der Waals surface area contributed by atoms with E-state index in [1.807, 2.05) is 30.5 Å². The highest BCUT2D eigenvalue weighted by Crippen LogP contribution is 2.30. The van der Waals surface area contributed by atoms with Crippen molar-refractivity contribution >= 4 is 33.1 Å². The maximum atomic E-state index is 10.6. The van der Waals surface area contributed by atoms with E-state index in [2.05, 4.69) is 11.4 Å². The van der Waals surface area contributed by atoms with Gasteiger partial charge in [0.05, 0.1) is 12.1 Å². The topological polar surface area (TPSA) is 49.3 Å². The molecule has 2 aromatic rings. The molecule has 3 nitrogen and oxygen atoms in total. The van der Waals surface area contributed by atoms with Crippen LogP contribution in [-0.2, 0) is 4.79 Å². The summed E-state index contributed by atoms with van der Waals surface area (Å²) in [6, 6.07) is 8.04. The van der Waals surface area contributed by atoms with Gasteiger partial charge >= 0.3 is 5.97 Å². The summed E-state index contributed by atoms with van der Waals surface area (Å²) >= 11 is 1.66. The van der Waals surface area contributed by atoms with E-state index in [-0.39, 0.29) is 12.5 Å². The Labute approximate surface area is 97.7 Å². The molecular weight excluding hydrogens is 222 g/mol. The number of benzene rings is 1. The molecule has 2 N–H and O–H groups in total. The van der Waals surface area contributed by atoms with Crippen LogP contribution in [0.2, 0.25) is 0 Å². The number of fused-ring (bicyclic) bond motifs is 1. The highest BCUT2D eigenvalue weighted by Gasteiger charge is 2.09. The lowest BCUT2D eigenvalue weighted by Crippen LogP contribution is -2.18. The fourth-order valence-corrected chi connectivity index (χ4v) is 2.57. The first kappa shape index (κ1) is 11.0. The predicted molar refractivity (Wildman–Crippen MR) is 67.2 cm³/mol. The third-order valence-electron chi connectivity index (χ3n) is 2.36. The normalized spacial score (nSPS) is 12.6. The summed E-state index contributed by atoms with van der Waals surface area (Å²) in [5, 5.41) is 15.1. The number of rotatable bonds is 4. The Bertz CT molecular complexity index is 506. The third-order valence-corrected chi connectivity index (χ3v) is 3.33. The molecule has 0 aliphatic rings. The molecule has 16 heavy (non-hydrogen) atoms. The molecule has 0 radical (unpaired) electrons. The second-order valence-corrected chi connectivity index (χ2v) is 4.70. The van der Waals surface area contributed by atoms with Gasteiger partial charge in [0.15, 0.2) is 0 Å². The molecule has 0 aliphatic heterocycles. The summed E-state index contributed by atoms with van der Waals surface area (Å²) in [6.07, 6.45) is 0.129. The molecule has 1 heterocycles. The monoisotopic (exact) mass is 235 g/mol. The molecule has 2 rings (SSSR count). The number of carboxylic acids is 1. The number of carboxylic acid groups (broad SMARTS) is 1. The van der Waals surface area contributed by atoms with Gasteiger partial charge in [-0.25, -0.2) is 0 Å². The summed E-state index contributed by atoms with van der Waals surface area (Å²) in [7, 11) is 0. The number of nitrogens with one attached hydrogen (secondary N) is 1. The maximum Gasteiger partial charge on any atom is 0.305 e. The van der Waals surface area contributed by atoms with Crippen molar-refractivity contribution in [3.8, 4) is 0 Å². The van der Waals surface area contributed by atoms with Crippen LogP contribution in [0.4, 0.5) is 5.69 Å². The molecule has 0 bridgehead atoms. The van der Waals surface area contributed by atoms with E-state index in [4.69, 9.17) is 5.11 Å². The SMILES string of the molecule is C[C@H](CC(=O)O)Nc1csc2ccccc12. The summed E-state index contributed by atoms with van der Waals surface area (Å²) in [6.45, 7) is 1.88. The molecule has 0 saturated heterocycles. The zero-order valence-electron chi connectivity index (χ0n) is 8.93. The zero-order chi connectivity index (χ0) is 11.5. The molecule has 0 aliphatic carbocycles. The lowest BCUT2D eigenvalue weighted by molar-refractivity contribution is -0.137. The quantitative estimate of drug-likeness (QED) is 0.855. The fourth-order valence-electron chi connectivity index (χ4n) is 1.67. The Morgan fingerprint density at radius 2 is 2.25 bits per heavy atom. The van der Waals surface area contributed by atoms with Gasteiger partial charge in [-0.1, -0.05) is 18.2 Å². The van der Waals surface area contributed by atoms with E-state index in [9.17, 15) is 4.79 Å². The lowest BCUT2D eigenvalue weighted by atomic mass is 10.2. The Balaban J connectivity index is 2.18. The second kappa shape index (κ2) is 4.53. The van der Waals surface area contributed by atoms with Crippen LogP contribution in [-0.4, -0.2) is 17.1 Å². The van der Waals surface area contributed by atoms with Gasteiger partial charge in [0.2, 0.25) is 0 Å². The van der Waals surface area contributed by atoms with Crippen LogP contribution in [0.5, 0.6) is 0 Å². The minimum Gasteiger partial charge on any atom is -0.481 e. The number of hydrogen-bond acceptors (Lipinski definition) is 3. The molecule has 0 saturated carbocycles. The van der Waals surface area contributed by atoms with Gasteiger partial charge in [-0.2, -0.15) is 0 Å². The van der Waals surface area contributed by atoms with Gasteiger partial charge in [0.25, 0.3) is 0 Å².